The van der Waals surface area contributed by atoms with Crippen LogP contribution in [0.3, 0.4) is 0 Å². The molecule has 8 rings (SSSR count). The minimum atomic E-state index is -0.746. The molecule has 2 saturated heterocycles. The number of benzene rings is 3. The summed E-state index contributed by atoms with van der Waals surface area (Å²) in [6, 6.07) is 27.5. The van der Waals surface area contributed by atoms with Crippen LogP contribution in [-0.4, -0.2) is 54.6 Å². The van der Waals surface area contributed by atoms with E-state index in [9.17, 15) is 9.59 Å². The van der Waals surface area contributed by atoms with Gasteiger partial charge in [0.05, 0.1) is 23.9 Å². The van der Waals surface area contributed by atoms with Crippen molar-refractivity contribution in [2.45, 2.75) is 30.0 Å². The second-order valence-electron chi connectivity index (χ2n) is 10.5. The van der Waals surface area contributed by atoms with Gasteiger partial charge in [-0.25, -0.2) is 0 Å². The summed E-state index contributed by atoms with van der Waals surface area (Å²) in [5, 5.41) is 0. The molecule has 0 radical (unpaired) electrons. The molecule has 3 aliphatic carbocycles. The van der Waals surface area contributed by atoms with E-state index in [4.69, 9.17) is 4.74 Å². The van der Waals surface area contributed by atoms with Crippen molar-refractivity contribution >= 4 is 11.8 Å². The molecule has 2 fully saturated rings. The molecular weight excluding hydrogens is 436 g/mol. The summed E-state index contributed by atoms with van der Waals surface area (Å²) in [6.07, 6.45) is 0.520. The molecule has 35 heavy (non-hydrogen) atoms. The number of imide groups is 1. The third kappa shape index (κ3) is 2.55. The van der Waals surface area contributed by atoms with Gasteiger partial charge in [-0.3, -0.25) is 19.4 Å². The SMILES string of the molecule is CN1C(=O)[C@@H]2C3c4ccccc4C([C@@H]4OC[C@H](Cc5ccccc5)N4C)(c4ccccc43)[C@@H]2C1=O. The van der Waals surface area contributed by atoms with Crippen LogP contribution in [0.2, 0.25) is 0 Å². The van der Waals surface area contributed by atoms with Gasteiger partial charge >= 0.3 is 0 Å². The predicted octanol–water partition coefficient (Wildman–Crippen LogP) is 3.56. The van der Waals surface area contributed by atoms with E-state index >= 15 is 0 Å². The van der Waals surface area contributed by atoms with Crippen LogP contribution in [0.1, 0.15) is 33.7 Å². The van der Waals surface area contributed by atoms with E-state index in [-0.39, 0.29) is 30.0 Å². The van der Waals surface area contributed by atoms with Crippen molar-refractivity contribution in [3.05, 3.63) is 107 Å². The highest BCUT2D eigenvalue weighted by Gasteiger charge is 2.71. The largest absolute Gasteiger partial charge is 0.360 e. The van der Waals surface area contributed by atoms with E-state index < -0.39 is 17.3 Å². The van der Waals surface area contributed by atoms with E-state index in [1.165, 1.54) is 10.5 Å². The number of nitrogens with zero attached hydrogens (tertiary/aromatic N) is 2. The van der Waals surface area contributed by atoms with Crippen LogP contribution in [0.15, 0.2) is 78.9 Å². The zero-order valence-corrected chi connectivity index (χ0v) is 19.9. The molecule has 3 aromatic carbocycles. The Kier molecular flexibility index (Phi) is 4.42. The van der Waals surface area contributed by atoms with E-state index in [0.29, 0.717) is 6.61 Å². The Labute approximate surface area is 205 Å². The summed E-state index contributed by atoms with van der Waals surface area (Å²) in [5.74, 6) is -1.14. The number of rotatable bonds is 3. The second-order valence-corrected chi connectivity index (χ2v) is 10.5. The Morgan fingerprint density at radius 1 is 0.829 bits per heavy atom. The molecule has 2 heterocycles. The molecule has 5 aliphatic rings. The Bertz CT molecular complexity index is 1300. The molecule has 0 saturated carbocycles. The first kappa shape index (κ1) is 21.0. The maximum absolute atomic E-state index is 13.8. The van der Waals surface area contributed by atoms with Gasteiger partial charge in [0.2, 0.25) is 11.8 Å². The molecule has 5 heteroatoms. The lowest BCUT2D eigenvalue weighted by Crippen LogP contribution is -2.62. The van der Waals surface area contributed by atoms with E-state index in [1.807, 2.05) is 18.2 Å². The molecule has 4 atom stereocenters. The third-order valence-corrected chi connectivity index (χ3v) is 9.00. The fourth-order valence-electron chi connectivity index (χ4n) is 7.56. The van der Waals surface area contributed by atoms with Crippen LogP contribution >= 0.6 is 0 Å². The molecule has 0 spiro atoms. The Hall–Kier alpha value is -3.28. The molecule has 0 aromatic heterocycles. The van der Waals surface area contributed by atoms with Gasteiger partial charge in [-0.1, -0.05) is 78.9 Å². The molecule has 0 unspecified atom stereocenters. The van der Waals surface area contributed by atoms with Gasteiger partial charge in [0.15, 0.2) is 0 Å². The van der Waals surface area contributed by atoms with Crippen LogP contribution in [0.5, 0.6) is 0 Å². The second kappa shape index (κ2) is 7.36. The summed E-state index contributed by atoms with van der Waals surface area (Å²) in [6.45, 7) is 0.584. The lowest BCUT2D eigenvalue weighted by Gasteiger charge is -2.57. The fourth-order valence-corrected chi connectivity index (χ4v) is 7.56. The number of carbonyl (C=O) groups excluding carboxylic acids is 2. The zero-order valence-electron chi connectivity index (χ0n) is 19.9. The minimum absolute atomic E-state index is 0.0696. The first-order chi connectivity index (χ1) is 17.0. The van der Waals surface area contributed by atoms with Gasteiger partial charge in [-0.2, -0.15) is 0 Å². The maximum Gasteiger partial charge on any atom is 0.234 e. The summed E-state index contributed by atoms with van der Waals surface area (Å²) >= 11 is 0. The topological polar surface area (TPSA) is 49.9 Å². The van der Waals surface area contributed by atoms with Gasteiger partial charge < -0.3 is 4.74 Å². The molecule has 2 aliphatic heterocycles. The van der Waals surface area contributed by atoms with Gasteiger partial charge in [0, 0.05) is 19.0 Å². The van der Waals surface area contributed by atoms with Crippen molar-refractivity contribution in [3.63, 3.8) is 0 Å². The van der Waals surface area contributed by atoms with Crippen molar-refractivity contribution in [2.24, 2.45) is 11.8 Å². The van der Waals surface area contributed by atoms with Crippen molar-refractivity contribution in [3.8, 4) is 0 Å². The Balaban J connectivity index is 1.45. The van der Waals surface area contributed by atoms with Crippen molar-refractivity contribution in [1.29, 1.82) is 0 Å². The number of hydrogen-bond donors (Lipinski definition) is 0. The van der Waals surface area contributed by atoms with Crippen LogP contribution in [0, 0.1) is 11.8 Å². The summed E-state index contributed by atoms with van der Waals surface area (Å²) in [7, 11) is 3.76. The smallest absolute Gasteiger partial charge is 0.234 e. The number of likely N-dealkylation sites (N-methyl/N-ethyl adjacent to an activating group) is 1. The highest BCUT2D eigenvalue weighted by atomic mass is 16.5. The maximum atomic E-state index is 13.8. The molecule has 5 nitrogen and oxygen atoms in total. The van der Waals surface area contributed by atoms with Gasteiger partial charge in [-0.05, 0) is 41.3 Å². The van der Waals surface area contributed by atoms with E-state index in [0.717, 1.165) is 28.7 Å². The number of likely N-dealkylation sites (tertiary alicyclic amines) is 1. The fraction of sp³-hybridized carbons (Fsp3) is 0.333. The molecule has 2 bridgehead atoms. The third-order valence-electron chi connectivity index (χ3n) is 9.00. The van der Waals surface area contributed by atoms with Crippen molar-refractivity contribution in [1.82, 2.24) is 9.80 Å². The molecular formula is C30H28N2O3. The van der Waals surface area contributed by atoms with E-state index in [1.54, 1.807) is 7.05 Å². The lowest BCUT2D eigenvalue weighted by atomic mass is 9.46. The van der Waals surface area contributed by atoms with Gasteiger partial charge in [0.1, 0.15) is 6.23 Å². The number of ether oxygens (including phenoxy) is 1. The highest BCUT2D eigenvalue weighted by Crippen LogP contribution is 2.66. The summed E-state index contributed by atoms with van der Waals surface area (Å²) in [4.78, 5) is 31.1. The number of carbonyl (C=O) groups is 2. The quantitative estimate of drug-likeness (QED) is 0.557. The first-order valence-corrected chi connectivity index (χ1v) is 12.4. The highest BCUT2D eigenvalue weighted by molar-refractivity contribution is 6.08. The standard InChI is InChI=1S/C30H28N2O3/c1-31-19(16-18-10-4-3-5-11-18)17-35-29(31)30-22-14-8-6-12-20(22)24(21-13-7-9-15-23(21)30)25-26(30)28(34)32(2)27(25)33/h3-15,19,24-26,29H,16-17H2,1-2H3/t19-,24?,25+,26-,29-,30?/m0/s1. The van der Waals surface area contributed by atoms with Crippen molar-refractivity contribution in [2.75, 3.05) is 20.7 Å². The van der Waals surface area contributed by atoms with Crippen LogP contribution in [0.25, 0.3) is 0 Å². The minimum Gasteiger partial charge on any atom is -0.360 e. The molecule has 176 valence electrons. The Morgan fingerprint density at radius 2 is 1.43 bits per heavy atom. The number of hydrogen-bond acceptors (Lipinski definition) is 4. The number of amides is 2. The van der Waals surface area contributed by atoms with Gasteiger partial charge in [-0.15, -0.1) is 0 Å². The predicted molar refractivity (Wildman–Crippen MR) is 132 cm³/mol. The monoisotopic (exact) mass is 464 g/mol. The van der Waals surface area contributed by atoms with Crippen LogP contribution in [0.4, 0.5) is 0 Å². The Morgan fingerprint density at radius 3 is 2.09 bits per heavy atom. The van der Waals surface area contributed by atoms with Crippen LogP contribution < -0.4 is 0 Å². The van der Waals surface area contributed by atoms with Crippen molar-refractivity contribution < 1.29 is 14.3 Å². The van der Waals surface area contributed by atoms with Crippen LogP contribution in [-0.2, 0) is 26.2 Å². The zero-order chi connectivity index (χ0) is 23.9. The van der Waals surface area contributed by atoms with E-state index in [2.05, 4.69) is 72.6 Å². The molecule has 3 aromatic rings. The first-order valence-electron chi connectivity index (χ1n) is 12.4. The molecule has 0 N–H and O–H groups in total. The lowest BCUT2D eigenvalue weighted by molar-refractivity contribution is -0.139. The average Bonchev–Trinajstić information content (AvgIpc) is 3.37. The summed E-state index contributed by atoms with van der Waals surface area (Å²) in [5.41, 5.74) is 5.12. The molecule has 2 amide bonds. The normalized spacial score (nSPS) is 33.1. The average molecular weight is 465 g/mol. The summed E-state index contributed by atoms with van der Waals surface area (Å²) < 4.78 is 6.69. The van der Waals surface area contributed by atoms with Gasteiger partial charge in [0.25, 0.3) is 0 Å².